The molecule has 9 heteroatoms. The van der Waals surface area contributed by atoms with Gasteiger partial charge < -0.3 is 25.0 Å². The van der Waals surface area contributed by atoms with Crippen LogP contribution < -0.4 is 10.5 Å². The molecular formula is C25H29FN4O4. The lowest BCUT2D eigenvalue weighted by Crippen LogP contribution is -2.16. The van der Waals surface area contributed by atoms with Crippen LogP contribution in [0.4, 0.5) is 4.39 Å². The van der Waals surface area contributed by atoms with Crippen LogP contribution in [-0.2, 0) is 11.3 Å². The molecule has 2 heterocycles. The van der Waals surface area contributed by atoms with Crippen LogP contribution in [-0.4, -0.2) is 58.2 Å². The van der Waals surface area contributed by atoms with E-state index >= 15 is 0 Å². The Morgan fingerprint density at radius 3 is 2.65 bits per heavy atom. The van der Waals surface area contributed by atoms with Crippen LogP contribution in [0.25, 0.3) is 11.4 Å². The van der Waals surface area contributed by atoms with Crippen molar-refractivity contribution in [3.05, 3.63) is 34.9 Å². The topological polar surface area (TPSA) is 111 Å². The summed E-state index contributed by atoms with van der Waals surface area (Å²) in [5, 5.41) is 9.33. The Balaban J connectivity index is 0.000000447. The second kappa shape index (κ2) is 11.9. The van der Waals surface area contributed by atoms with Crippen molar-refractivity contribution < 1.29 is 23.8 Å². The number of halogens is 1. The molecule has 2 aliphatic rings. The maximum Gasteiger partial charge on any atom is 0.269 e. The van der Waals surface area contributed by atoms with E-state index in [1.807, 2.05) is 11.5 Å². The van der Waals surface area contributed by atoms with Crippen molar-refractivity contribution >= 4 is 12.3 Å². The Morgan fingerprint density at radius 2 is 2.15 bits per heavy atom. The van der Waals surface area contributed by atoms with Gasteiger partial charge in [-0.3, -0.25) is 9.59 Å². The minimum Gasteiger partial charge on any atom is -0.491 e. The van der Waals surface area contributed by atoms with Crippen LogP contribution in [0.15, 0.2) is 12.1 Å². The number of hydrogen-bond acceptors (Lipinski definition) is 5. The molecule has 0 saturated heterocycles. The number of terminal acetylenes is 1. The molecule has 0 radical (unpaired) electrons. The van der Waals surface area contributed by atoms with E-state index in [0.717, 1.165) is 31.5 Å². The highest BCUT2D eigenvalue weighted by Crippen LogP contribution is 2.45. The largest absolute Gasteiger partial charge is 0.491 e. The summed E-state index contributed by atoms with van der Waals surface area (Å²) in [6, 6.07) is 2.82. The number of rotatable bonds is 4. The number of aliphatic hydroxyl groups excluding tert-OH is 1. The van der Waals surface area contributed by atoms with Gasteiger partial charge >= 0.3 is 0 Å². The lowest BCUT2D eigenvalue weighted by atomic mass is 10.1. The molecule has 8 nitrogen and oxygen atoms in total. The summed E-state index contributed by atoms with van der Waals surface area (Å²) in [5.41, 5.74) is 7.34. The SMILES string of the molecule is C#C.CCN(C)C=O.C[C@H](O)C#Cc1cc2c(cc1F)OCCn1c-2nc(C(N)=O)c1C1CC1. The van der Waals surface area contributed by atoms with Crippen molar-refractivity contribution in [3.8, 4) is 41.8 Å². The molecule has 1 aliphatic carbocycles. The third-order valence-electron chi connectivity index (χ3n) is 5.18. The van der Waals surface area contributed by atoms with E-state index in [4.69, 9.17) is 10.5 Å². The normalized spacial score (nSPS) is 14.0. The summed E-state index contributed by atoms with van der Waals surface area (Å²) in [6.45, 7) is 5.07. The van der Waals surface area contributed by atoms with Gasteiger partial charge in [-0.2, -0.15) is 0 Å². The first-order chi connectivity index (χ1) is 16.3. The molecule has 1 aromatic carbocycles. The Kier molecular flexibility index (Phi) is 9.23. The third-order valence-corrected chi connectivity index (χ3v) is 5.18. The van der Waals surface area contributed by atoms with Gasteiger partial charge in [-0.25, -0.2) is 9.37 Å². The fraction of sp³-hybridized carbons (Fsp3) is 0.400. The zero-order valence-electron chi connectivity index (χ0n) is 19.5. The molecule has 1 aliphatic heterocycles. The molecule has 34 heavy (non-hydrogen) atoms. The predicted molar refractivity (Wildman–Crippen MR) is 126 cm³/mol. The Bertz CT molecular complexity index is 1120. The van der Waals surface area contributed by atoms with Gasteiger partial charge in [0.15, 0.2) is 0 Å². The zero-order chi connectivity index (χ0) is 25.4. The molecule has 1 atom stereocenters. The number of hydrogen-bond donors (Lipinski definition) is 2. The van der Waals surface area contributed by atoms with E-state index in [1.54, 1.807) is 18.0 Å². The van der Waals surface area contributed by atoms with Crippen LogP contribution in [0.3, 0.4) is 0 Å². The first-order valence-electron chi connectivity index (χ1n) is 10.8. The molecule has 2 amide bonds. The van der Waals surface area contributed by atoms with Crippen LogP contribution in [0.2, 0.25) is 0 Å². The van der Waals surface area contributed by atoms with Crippen molar-refractivity contribution in [1.29, 1.82) is 0 Å². The fourth-order valence-corrected chi connectivity index (χ4v) is 3.30. The number of fused-ring (bicyclic) bond motifs is 3. The molecule has 1 saturated carbocycles. The van der Waals surface area contributed by atoms with Crippen LogP contribution in [0.1, 0.15) is 54.4 Å². The number of primary amides is 1. The van der Waals surface area contributed by atoms with Gasteiger partial charge in [0.25, 0.3) is 5.91 Å². The summed E-state index contributed by atoms with van der Waals surface area (Å²) in [4.78, 5) is 27.6. The van der Waals surface area contributed by atoms with Crippen LogP contribution in [0.5, 0.6) is 5.75 Å². The van der Waals surface area contributed by atoms with Crippen molar-refractivity contribution in [2.75, 3.05) is 20.2 Å². The Morgan fingerprint density at radius 1 is 1.47 bits per heavy atom. The summed E-state index contributed by atoms with van der Waals surface area (Å²) < 4.78 is 22.0. The van der Waals surface area contributed by atoms with E-state index in [1.165, 1.54) is 13.0 Å². The quantitative estimate of drug-likeness (QED) is 0.528. The van der Waals surface area contributed by atoms with E-state index in [9.17, 15) is 19.1 Å². The Hall–Kier alpha value is -3.82. The molecular weight excluding hydrogens is 439 g/mol. The molecule has 1 fully saturated rings. The predicted octanol–water partition coefficient (Wildman–Crippen LogP) is 2.13. The molecule has 0 spiro atoms. The minimum atomic E-state index is -0.866. The van der Waals surface area contributed by atoms with E-state index < -0.39 is 17.8 Å². The number of imidazole rings is 1. The first-order valence-corrected chi connectivity index (χ1v) is 10.8. The summed E-state index contributed by atoms with van der Waals surface area (Å²) in [7, 11) is 1.74. The smallest absolute Gasteiger partial charge is 0.269 e. The number of ether oxygens (including phenoxy) is 1. The van der Waals surface area contributed by atoms with Gasteiger partial charge in [0.2, 0.25) is 6.41 Å². The maximum atomic E-state index is 14.3. The summed E-state index contributed by atoms with van der Waals surface area (Å²) >= 11 is 0. The maximum absolute atomic E-state index is 14.3. The van der Waals surface area contributed by atoms with Crippen LogP contribution >= 0.6 is 0 Å². The third kappa shape index (κ3) is 6.15. The van der Waals surface area contributed by atoms with Gasteiger partial charge in [-0.15, -0.1) is 12.8 Å². The number of nitrogens with zero attached hydrogens (tertiary/aromatic N) is 3. The van der Waals surface area contributed by atoms with E-state index in [0.29, 0.717) is 30.3 Å². The van der Waals surface area contributed by atoms with Crippen molar-refractivity contribution in [3.63, 3.8) is 0 Å². The van der Waals surface area contributed by atoms with Gasteiger partial charge in [-0.05, 0) is 32.8 Å². The number of nitrogens with two attached hydrogens (primary N) is 1. The summed E-state index contributed by atoms with van der Waals surface area (Å²) in [6.07, 6.45) is 9.93. The average Bonchev–Trinajstić information content (AvgIpc) is 3.62. The molecule has 180 valence electrons. The second-order valence-corrected chi connectivity index (χ2v) is 7.76. The highest BCUT2D eigenvalue weighted by atomic mass is 19.1. The number of carbonyl (C=O) groups is 2. The molecule has 1 aromatic heterocycles. The number of aromatic nitrogens is 2. The van der Waals surface area contributed by atoms with Gasteiger partial charge in [0.1, 0.15) is 35.8 Å². The zero-order valence-corrected chi connectivity index (χ0v) is 19.5. The van der Waals surface area contributed by atoms with Gasteiger partial charge in [0, 0.05) is 25.6 Å². The molecule has 0 bridgehead atoms. The monoisotopic (exact) mass is 468 g/mol. The molecule has 2 aromatic rings. The van der Waals surface area contributed by atoms with Gasteiger partial charge in [-0.1, -0.05) is 11.8 Å². The van der Waals surface area contributed by atoms with Crippen LogP contribution in [0, 0.1) is 30.5 Å². The van der Waals surface area contributed by atoms with E-state index in [-0.39, 0.29) is 17.2 Å². The van der Waals surface area contributed by atoms with E-state index in [2.05, 4.69) is 29.7 Å². The van der Waals surface area contributed by atoms with Crippen molar-refractivity contribution in [1.82, 2.24) is 14.5 Å². The number of amides is 2. The Labute approximate surface area is 198 Å². The lowest BCUT2D eigenvalue weighted by molar-refractivity contribution is -0.116. The highest BCUT2D eigenvalue weighted by molar-refractivity contribution is 5.93. The van der Waals surface area contributed by atoms with Gasteiger partial charge in [0.05, 0.1) is 23.4 Å². The number of aliphatic hydroxyl groups is 1. The molecule has 4 rings (SSSR count). The highest BCUT2D eigenvalue weighted by Gasteiger charge is 2.35. The molecule has 0 unspecified atom stereocenters. The van der Waals surface area contributed by atoms with Crippen molar-refractivity contribution in [2.45, 2.75) is 45.3 Å². The standard InChI is InChI=1S/C19H18FN3O3.C4H9NO.C2H2/c1-10(24)2-3-12-8-13-15(9-14(12)20)26-7-6-23-17(11-4-5-11)16(18(21)25)22-19(13)23;1-3-5(2)4-6;1-2/h8-11,24H,4-7H2,1H3,(H2,21,25);4H,3H2,1-2H3;1-2H/t10-;;/m0../s1. The average molecular weight is 469 g/mol. The first kappa shape index (κ1) is 26.4. The van der Waals surface area contributed by atoms with Crippen molar-refractivity contribution in [2.24, 2.45) is 5.73 Å². The lowest BCUT2D eigenvalue weighted by Gasteiger charge is -2.08. The number of carbonyl (C=O) groups excluding carboxylic acids is 2. The molecule has 3 N–H and O–H groups in total. The minimum absolute atomic E-state index is 0.137. The number of benzene rings is 1. The second-order valence-electron chi connectivity index (χ2n) is 7.76. The fourth-order valence-electron chi connectivity index (χ4n) is 3.30. The summed E-state index contributed by atoms with van der Waals surface area (Å²) in [5.74, 6) is 5.24.